The summed E-state index contributed by atoms with van der Waals surface area (Å²) in [7, 11) is 0. The lowest BCUT2D eigenvalue weighted by molar-refractivity contribution is -0.0796. The van der Waals surface area contributed by atoms with Crippen LogP contribution in [0.25, 0.3) is 23.3 Å². The molecule has 146 valence electrons. The summed E-state index contributed by atoms with van der Waals surface area (Å²) in [6.45, 7) is 5.62. The summed E-state index contributed by atoms with van der Waals surface area (Å²) in [5, 5.41) is 0. The van der Waals surface area contributed by atoms with Gasteiger partial charge in [-0.1, -0.05) is 18.2 Å². The lowest BCUT2D eigenvalue weighted by Crippen LogP contribution is -2.39. The monoisotopic (exact) mass is 382 g/mol. The number of fused-ring (bicyclic) bond motifs is 1. The highest BCUT2D eigenvalue weighted by molar-refractivity contribution is 5.75. The first kappa shape index (κ1) is 18.2. The van der Waals surface area contributed by atoms with Gasteiger partial charge in [-0.05, 0) is 37.6 Å². The molecule has 0 bridgehead atoms. The molecule has 28 heavy (non-hydrogen) atoms. The molecule has 2 aromatic heterocycles. The third-order valence-electron chi connectivity index (χ3n) is 4.71. The first-order chi connectivity index (χ1) is 13.6. The first-order valence-electron chi connectivity index (χ1n) is 9.36. The van der Waals surface area contributed by atoms with Crippen molar-refractivity contribution in [1.29, 1.82) is 0 Å². The molecule has 0 radical (unpaired) electrons. The van der Waals surface area contributed by atoms with E-state index in [-0.39, 0.29) is 17.4 Å². The Bertz CT molecular complexity index is 1150. The van der Waals surface area contributed by atoms with Crippen molar-refractivity contribution in [2.45, 2.75) is 33.0 Å². The van der Waals surface area contributed by atoms with Crippen LogP contribution in [0.4, 0.5) is 0 Å². The molecule has 1 aliphatic heterocycles. The number of imidazole rings is 1. The molecule has 3 heterocycles. The summed E-state index contributed by atoms with van der Waals surface area (Å²) in [6, 6.07) is 7.71. The Kier molecular flexibility index (Phi) is 4.87. The smallest absolute Gasteiger partial charge is 0.332 e. The Morgan fingerprint density at radius 2 is 2.00 bits per heavy atom. The maximum atomic E-state index is 12.5. The van der Waals surface area contributed by atoms with Crippen LogP contribution in [0.1, 0.15) is 25.2 Å². The largest absolute Gasteiger partial charge is 0.486 e. The number of nitrogens with one attached hydrogen (secondary N) is 1. The number of hydrogen-bond donors (Lipinski definition) is 1. The number of rotatable bonds is 6. The predicted octanol–water partition coefficient (Wildman–Crippen LogP) is 1.87. The van der Waals surface area contributed by atoms with Crippen LogP contribution in [0.5, 0.6) is 5.75 Å². The van der Waals surface area contributed by atoms with Crippen LogP contribution in [0.15, 0.2) is 33.9 Å². The average molecular weight is 382 g/mol. The van der Waals surface area contributed by atoms with E-state index in [4.69, 9.17) is 9.47 Å². The third kappa shape index (κ3) is 3.27. The van der Waals surface area contributed by atoms with Crippen molar-refractivity contribution in [2.75, 3.05) is 13.2 Å². The Morgan fingerprint density at radius 3 is 2.68 bits per heavy atom. The van der Waals surface area contributed by atoms with E-state index in [9.17, 15) is 9.59 Å². The van der Waals surface area contributed by atoms with Gasteiger partial charge in [-0.25, -0.2) is 9.78 Å². The van der Waals surface area contributed by atoms with Crippen LogP contribution >= 0.6 is 0 Å². The molecule has 1 aromatic carbocycles. The number of benzene rings is 1. The molecule has 8 heteroatoms. The molecule has 1 fully saturated rings. The van der Waals surface area contributed by atoms with E-state index in [1.165, 1.54) is 9.13 Å². The number of nitrogens with zero attached hydrogens (tertiary/aromatic N) is 3. The van der Waals surface area contributed by atoms with Crippen molar-refractivity contribution in [3.63, 3.8) is 0 Å². The first-order valence-corrected chi connectivity index (χ1v) is 9.36. The van der Waals surface area contributed by atoms with E-state index in [0.717, 1.165) is 11.3 Å². The van der Waals surface area contributed by atoms with Crippen molar-refractivity contribution >= 4 is 23.3 Å². The second-order valence-corrected chi connectivity index (χ2v) is 6.58. The van der Waals surface area contributed by atoms with Crippen LogP contribution < -0.4 is 16.0 Å². The van der Waals surface area contributed by atoms with Gasteiger partial charge in [0.15, 0.2) is 5.65 Å². The summed E-state index contributed by atoms with van der Waals surface area (Å²) < 4.78 is 13.6. The van der Waals surface area contributed by atoms with Crippen LogP contribution in [0.3, 0.4) is 0 Å². The molecule has 0 atom stereocenters. The van der Waals surface area contributed by atoms with Crippen LogP contribution in [-0.4, -0.2) is 38.4 Å². The Labute approximate surface area is 161 Å². The van der Waals surface area contributed by atoms with Gasteiger partial charge in [0.2, 0.25) is 0 Å². The maximum Gasteiger partial charge on any atom is 0.332 e. The molecule has 1 N–H and O–H groups in total. The Balaban J connectivity index is 1.66. The fourth-order valence-electron chi connectivity index (χ4n) is 3.17. The minimum atomic E-state index is -0.350. The van der Waals surface area contributed by atoms with Crippen LogP contribution in [0, 0.1) is 0 Å². The quantitative estimate of drug-likeness (QED) is 0.703. The molecule has 0 spiro atoms. The summed E-state index contributed by atoms with van der Waals surface area (Å²) in [6.07, 6.45) is 3.78. The molecular formula is C20H22N4O4. The summed E-state index contributed by atoms with van der Waals surface area (Å²) >= 11 is 0. The average Bonchev–Trinajstić information content (AvgIpc) is 3.09. The fourth-order valence-corrected chi connectivity index (χ4v) is 3.17. The molecule has 0 unspecified atom stereocenters. The van der Waals surface area contributed by atoms with E-state index < -0.39 is 0 Å². The van der Waals surface area contributed by atoms with Crippen molar-refractivity contribution in [3.05, 3.63) is 56.5 Å². The number of aryl methyl sites for hydroxylation is 1. The van der Waals surface area contributed by atoms with E-state index in [1.54, 1.807) is 13.0 Å². The number of hydrogen-bond acceptors (Lipinski definition) is 5. The molecule has 3 aromatic rings. The minimum absolute atomic E-state index is 0.112. The lowest BCUT2D eigenvalue weighted by Gasteiger charge is -2.26. The minimum Gasteiger partial charge on any atom is -0.486 e. The topological polar surface area (TPSA) is 91.1 Å². The summed E-state index contributed by atoms with van der Waals surface area (Å²) in [5.41, 5.74) is 0.970. The van der Waals surface area contributed by atoms with Gasteiger partial charge in [0.1, 0.15) is 23.2 Å². The van der Waals surface area contributed by atoms with E-state index >= 15 is 0 Å². The number of aromatic amines is 1. The summed E-state index contributed by atoms with van der Waals surface area (Å²) in [4.78, 5) is 32.5. The van der Waals surface area contributed by atoms with Gasteiger partial charge in [-0.2, -0.15) is 0 Å². The van der Waals surface area contributed by atoms with Crippen molar-refractivity contribution in [2.24, 2.45) is 0 Å². The molecule has 0 amide bonds. The van der Waals surface area contributed by atoms with Gasteiger partial charge in [-0.15, -0.1) is 0 Å². The molecule has 1 saturated heterocycles. The second kappa shape index (κ2) is 7.47. The highest BCUT2D eigenvalue weighted by atomic mass is 16.6. The zero-order chi connectivity index (χ0) is 19.7. The zero-order valence-electron chi connectivity index (χ0n) is 15.8. The Hall–Kier alpha value is -3.13. The zero-order valence-corrected chi connectivity index (χ0v) is 15.8. The van der Waals surface area contributed by atoms with E-state index in [0.29, 0.717) is 43.3 Å². The van der Waals surface area contributed by atoms with Crippen molar-refractivity contribution in [1.82, 2.24) is 19.1 Å². The predicted molar refractivity (Wildman–Crippen MR) is 107 cm³/mol. The molecule has 1 aliphatic rings. The maximum absolute atomic E-state index is 12.5. The highest BCUT2D eigenvalue weighted by Gasteiger charge is 2.20. The van der Waals surface area contributed by atoms with Gasteiger partial charge in [-0.3, -0.25) is 13.9 Å². The summed E-state index contributed by atoms with van der Waals surface area (Å²) in [5.74, 6) is 1.30. The van der Waals surface area contributed by atoms with E-state index in [2.05, 4.69) is 9.97 Å². The molecule has 8 nitrogen and oxygen atoms in total. The van der Waals surface area contributed by atoms with Gasteiger partial charge in [0.25, 0.3) is 5.56 Å². The normalized spacial score (nSPS) is 14.6. The van der Waals surface area contributed by atoms with Gasteiger partial charge in [0, 0.05) is 13.1 Å². The number of H-pyrrole nitrogens is 1. The SMILES string of the molecule is CCn1c(=O)c2[nH]c(C=Cc3cccc(OC4COC4)c3)nc2n(CC)c1=O. The second-order valence-electron chi connectivity index (χ2n) is 6.58. The highest BCUT2D eigenvalue weighted by Crippen LogP contribution is 2.19. The van der Waals surface area contributed by atoms with Crippen molar-refractivity contribution < 1.29 is 9.47 Å². The molecule has 0 saturated carbocycles. The standard InChI is InChI=1S/C20H22N4O4/c1-3-23-18-17(19(25)24(4-2)20(23)26)21-16(22-18)9-8-13-6-5-7-14(10-13)28-15-11-27-12-15/h5-10,15H,3-4,11-12H2,1-2H3,(H,21,22). The van der Waals surface area contributed by atoms with Gasteiger partial charge < -0.3 is 14.5 Å². The van der Waals surface area contributed by atoms with Gasteiger partial charge in [0.05, 0.1) is 13.2 Å². The number of aromatic nitrogens is 4. The lowest BCUT2D eigenvalue weighted by atomic mass is 10.2. The fraction of sp³-hybridized carbons (Fsp3) is 0.350. The van der Waals surface area contributed by atoms with E-state index in [1.807, 2.05) is 37.3 Å². The number of ether oxygens (including phenoxy) is 2. The molecular weight excluding hydrogens is 360 g/mol. The molecule has 4 rings (SSSR count). The Morgan fingerprint density at radius 1 is 1.21 bits per heavy atom. The van der Waals surface area contributed by atoms with Crippen LogP contribution in [-0.2, 0) is 17.8 Å². The van der Waals surface area contributed by atoms with Crippen LogP contribution in [0.2, 0.25) is 0 Å². The van der Waals surface area contributed by atoms with Gasteiger partial charge >= 0.3 is 5.69 Å². The third-order valence-corrected chi connectivity index (χ3v) is 4.71. The van der Waals surface area contributed by atoms with Crippen molar-refractivity contribution in [3.8, 4) is 5.75 Å². The molecule has 0 aliphatic carbocycles.